The maximum Gasteiger partial charge on any atom is 0.244 e. The van der Waals surface area contributed by atoms with E-state index >= 15 is 0 Å². The Hall–Kier alpha value is -1.83. The van der Waals surface area contributed by atoms with Crippen molar-refractivity contribution in [2.45, 2.75) is 25.8 Å². The van der Waals surface area contributed by atoms with Gasteiger partial charge >= 0.3 is 0 Å². The molecule has 0 aromatic heterocycles. The van der Waals surface area contributed by atoms with Crippen molar-refractivity contribution < 1.29 is 9.53 Å². The van der Waals surface area contributed by atoms with Gasteiger partial charge in [-0.05, 0) is 37.5 Å². The number of aliphatic imine (C=N–C) groups is 1. The number of nitrogens with zero attached hydrogens (tertiary/aromatic N) is 3. The maximum atomic E-state index is 12.3. The van der Waals surface area contributed by atoms with E-state index in [4.69, 9.17) is 16.3 Å². The molecule has 0 saturated carbocycles. The van der Waals surface area contributed by atoms with Gasteiger partial charge in [0.15, 0.2) is 5.96 Å². The van der Waals surface area contributed by atoms with Crippen molar-refractivity contribution >= 4 is 23.5 Å². The number of benzene rings is 1. The van der Waals surface area contributed by atoms with Gasteiger partial charge in [-0.15, -0.1) is 0 Å². The molecule has 0 spiro atoms. The minimum Gasteiger partial charge on any atom is -0.379 e. The number of hydrogen-bond donors (Lipinski definition) is 2. The van der Waals surface area contributed by atoms with Crippen molar-refractivity contribution in [2.24, 2.45) is 4.99 Å². The number of amides is 1. The van der Waals surface area contributed by atoms with Gasteiger partial charge in [0.05, 0.1) is 19.3 Å². The Morgan fingerprint density at radius 3 is 2.66 bits per heavy atom. The molecule has 2 aliphatic heterocycles. The minimum atomic E-state index is 0.0965. The van der Waals surface area contributed by atoms with E-state index in [1.807, 2.05) is 30.0 Å². The van der Waals surface area contributed by atoms with Crippen LogP contribution in [0, 0.1) is 0 Å². The van der Waals surface area contributed by atoms with E-state index in [2.05, 4.69) is 26.6 Å². The molecule has 0 bridgehead atoms. The quantitative estimate of drug-likeness (QED) is 0.519. The third-order valence-corrected chi connectivity index (χ3v) is 5.59. The summed E-state index contributed by atoms with van der Waals surface area (Å²) in [6, 6.07) is 8.15. The summed E-state index contributed by atoms with van der Waals surface area (Å²) in [4.78, 5) is 21.1. The molecule has 8 heteroatoms. The van der Waals surface area contributed by atoms with Crippen LogP contribution in [0.15, 0.2) is 29.3 Å². The highest BCUT2D eigenvalue weighted by Gasteiger charge is 2.23. The summed E-state index contributed by atoms with van der Waals surface area (Å²) in [5, 5.41) is 7.41. The number of likely N-dealkylation sites (tertiary alicyclic amines) is 1. The molecule has 2 N–H and O–H groups in total. The Kier molecular flexibility index (Phi) is 8.58. The van der Waals surface area contributed by atoms with E-state index in [-0.39, 0.29) is 18.5 Å². The van der Waals surface area contributed by atoms with Gasteiger partial charge < -0.3 is 20.3 Å². The molecule has 2 heterocycles. The van der Waals surface area contributed by atoms with Crippen LogP contribution in [0.4, 0.5) is 0 Å². The Morgan fingerprint density at radius 1 is 1.21 bits per heavy atom. The van der Waals surface area contributed by atoms with Gasteiger partial charge in [0.1, 0.15) is 6.54 Å². The number of nitrogens with one attached hydrogen (secondary N) is 2. The lowest BCUT2D eigenvalue weighted by atomic mass is 10.0. The summed E-state index contributed by atoms with van der Waals surface area (Å²) in [6.07, 6.45) is 2.18. The van der Waals surface area contributed by atoms with Crippen molar-refractivity contribution in [2.75, 3.05) is 59.0 Å². The lowest BCUT2D eigenvalue weighted by Crippen LogP contribution is -2.46. The molecule has 2 aliphatic rings. The molecule has 1 aromatic carbocycles. The number of rotatable bonds is 7. The summed E-state index contributed by atoms with van der Waals surface area (Å²) < 4.78 is 5.52. The molecule has 160 valence electrons. The molecule has 1 aromatic rings. The van der Waals surface area contributed by atoms with Crippen molar-refractivity contribution in [1.29, 1.82) is 0 Å². The van der Waals surface area contributed by atoms with Gasteiger partial charge in [0.25, 0.3) is 0 Å². The van der Waals surface area contributed by atoms with E-state index in [0.717, 1.165) is 69.4 Å². The molecule has 2 fully saturated rings. The standard InChI is InChI=1S/C21H32ClN5O2/c1-2-23-21(25-16-20(28)27-8-3-4-9-27)24-15-19(26-10-12-29-13-11-26)17-6-5-7-18(22)14-17/h5-7,14,19H,2-4,8-13,15-16H2,1H3,(H2,23,24,25). The van der Waals surface area contributed by atoms with E-state index in [1.165, 1.54) is 0 Å². The first-order valence-corrected chi connectivity index (χ1v) is 10.9. The largest absolute Gasteiger partial charge is 0.379 e. The van der Waals surface area contributed by atoms with Crippen LogP contribution in [-0.4, -0.2) is 80.7 Å². The summed E-state index contributed by atoms with van der Waals surface area (Å²) >= 11 is 6.25. The fourth-order valence-corrected chi connectivity index (χ4v) is 4.01. The fraction of sp³-hybridized carbons (Fsp3) is 0.619. The molecule has 1 atom stereocenters. The van der Waals surface area contributed by atoms with Crippen molar-refractivity contribution in [1.82, 2.24) is 20.4 Å². The number of carbonyl (C=O) groups excluding carboxylic acids is 1. The number of hydrogen-bond acceptors (Lipinski definition) is 4. The van der Waals surface area contributed by atoms with E-state index in [1.54, 1.807) is 0 Å². The van der Waals surface area contributed by atoms with Crippen LogP contribution in [-0.2, 0) is 9.53 Å². The second-order valence-electron chi connectivity index (χ2n) is 7.38. The maximum absolute atomic E-state index is 12.3. The predicted molar refractivity (Wildman–Crippen MR) is 116 cm³/mol. The molecule has 1 amide bonds. The van der Waals surface area contributed by atoms with Crippen LogP contribution >= 0.6 is 11.6 Å². The zero-order valence-corrected chi connectivity index (χ0v) is 18.0. The molecular weight excluding hydrogens is 390 g/mol. The monoisotopic (exact) mass is 421 g/mol. The van der Waals surface area contributed by atoms with Crippen molar-refractivity contribution in [3.05, 3.63) is 34.9 Å². The van der Waals surface area contributed by atoms with Gasteiger partial charge in [-0.25, -0.2) is 4.99 Å². The van der Waals surface area contributed by atoms with Gasteiger partial charge in [-0.2, -0.15) is 0 Å². The van der Waals surface area contributed by atoms with Crippen LogP contribution in [0.3, 0.4) is 0 Å². The predicted octanol–water partition coefficient (Wildman–Crippen LogP) is 1.89. The normalized spacial score (nSPS) is 19.2. The van der Waals surface area contributed by atoms with Crippen LogP contribution in [0.2, 0.25) is 5.02 Å². The highest BCUT2D eigenvalue weighted by molar-refractivity contribution is 6.30. The Morgan fingerprint density at radius 2 is 1.97 bits per heavy atom. The minimum absolute atomic E-state index is 0.0965. The number of halogens is 1. The van der Waals surface area contributed by atoms with E-state index in [0.29, 0.717) is 12.5 Å². The SMILES string of the molecule is CCNC(=NCC(=O)N1CCCC1)NCC(c1cccc(Cl)c1)N1CCOCC1. The topological polar surface area (TPSA) is 69.2 Å². The summed E-state index contributed by atoms with van der Waals surface area (Å²) in [5.41, 5.74) is 1.16. The Balaban J connectivity index is 1.66. The molecule has 0 aliphatic carbocycles. The van der Waals surface area contributed by atoms with E-state index < -0.39 is 0 Å². The van der Waals surface area contributed by atoms with Crippen molar-refractivity contribution in [3.63, 3.8) is 0 Å². The summed E-state index contributed by atoms with van der Waals surface area (Å²) in [7, 11) is 0. The molecule has 7 nitrogen and oxygen atoms in total. The van der Waals surface area contributed by atoms with Gasteiger partial charge in [-0.3, -0.25) is 9.69 Å². The zero-order chi connectivity index (χ0) is 20.5. The lowest BCUT2D eigenvalue weighted by Gasteiger charge is -2.35. The summed E-state index contributed by atoms with van der Waals surface area (Å²) in [6.45, 7) is 8.53. The average Bonchev–Trinajstić information content (AvgIpc) is 3.28. The zero-order valence-electron chi connectivity index (χ0n) is 17.2. The van der Waals surface area contributed by atoms with Gasteiger partial charge in [0.2, 0.25) is 5.91 Å². The lowest BCUT2D eigenvalue weighted by molar-refractivity contribution is -0.128. The molecule has 29 heavy (non-hydrogen) atoms. The van der Waals surface area contributed by atoms with Crippen LogP contribution < -0.4 is 10.6 Å². The molecule has 3 rings (SSSR count). The fourth-order valence-electron chi connectivity index (χ4n) is 3.81. The Bertz CT molecular complexity index is 687. The smallest absolute Gasteiger partial charge is 0.244 e. The number of guanidine groups is 1. The van der Waals surface area contributed by atoms with Crippen LogP contribution in [0.5, 0.6) is 0 Å². The first kappa shape index (κ1) is 21.9. The second-order valence-corrected chi connectivity index (χ2v) is 7.82. The molecule has 2 saturated heterocycles. The van der Waals surface area contributed by atoms with Crippen LogP contribution in [0.25, 0.3) is 0 Å². The molecular formula is C21H32ClN5O2. The third-order valence-electron chi connectivity index (χ3n) is 5.36. The van der Waals surface area contributed by atoms with Gasteiger partial charge in [-0.1, -0.05) is 23.7 Å². The number of morpholine rings is 1. The van der Waals surface area contributed by atoms with Crippen LogP contribution in [0.1, 0.15) is 31.4 Å². The highest BCUT2D eigenvalue weighted by atomic mass is 35.5. The Labute approximate surface area is 178 Å². The molecule has 0 radical (unpaired) electrons. The van der Waals surface area contributed by atoms with Gasteiger partial charge in [0, 0.05) is 44.3 Å². The average molecular weight is 422 g/mol. The van der Waals surface area contributed by atoms with Crippen molar-refractivity contribution in [3.8, 4) is 0 Å². The second kappa shape index (κ2) is 11.4. The first-order chi connectivity index (χ1) is 14.2. The molecule has 1 unspecified atom stereocenters. The van der Waals surface area contributed by atoms with E-state index in [9.17, 15) is 4.79 Å². The third kappa shape index (κ3) is 6.59. The highest BCUT2D eigenvalue weighted by Crippen LogP contribution is 2.24. The number of carbonyl (C=O) groups is 1. The summed E-state index contributed by atoms with van der Waals surface area (Å²) in [5.74, 6) is 0.764. The number of ether oxygens (including phenoxy) is 1. The first-order valence-electron chi connectivity index (χ1n) is 10.5.